The minimum absolute atomic E-state index is 0.289. The molecule has 0 aromatic rings. The molecule has 2 heteroatoms. The van der Waals surface area contributed by atoms with Gasteiger partial charge in [0.1, 0.15) is 0 Å². The molecule has 0 unspecified atom stereocenters. The van der Waals surface area contributed by atoms with Gasteiger partial charge in [-0.05, 0) is 69.1 Å². The summed E-state index contributed by atoms with van der Waals surface area (Å²) >= 11 is 0. The van der Waals surface area contributed by atoms with Crippen molar-refractivity contribution in [3.05, 3.63) is 11.3 Å². The maximum absolute atomic E-state index is 9.83. The molecule has 102 valence electrons. The molecule has 4 aliphatic carbocycles. The molecule has 1 aliphatic heterocycles. The zero-order valence-electron chi connectivity index (χ0n) is 12.0. The Morgan fingerprint density at radius 3 is 2.16 bits per heavy atom. The predicted molar refractivity (Wildman–Crippen MR) is 75.1 cm³/mol. The van der Waals surface area contributed by atoms with Crippen molar-refractivity contribution in [2.75, 3.05) is 13.6 Å². The lowest BCUT2D eigenvalue weighted by Crippen LogP contribution is -2.47. The molecule has 1 heterocycles. The Morgan fingerprint density at radius 1 is 1.16 bits per heavy atom. The summed E-state index contributed by atoms with van der Waals surface area (Å²) < 4.78 is 0. The number of hydrogen-bond acceptors (Lipinski definition) is 2. The van der Waals surface area contributed by atoms with Crippen LogP contribution in [0.2, 0.25) is 0 Å². The van der Waals surface area contributed by atoms with Crippen molar-refractivity contribution < 1.29 is 0 Å². The number of likely N-dealkylation sites (tertiary alicyclic amines) is 1. The quantitative estimate of drug-likeness (QED) is 0.669. The average molecular weight is 256 g/mol. The highest BCUT2D eigenvalue weighted by atomic mass is 15.1. The zero-order chi connectivity index (χ0) is 13.0. The van der Waals surface area contributed by atoms with Crippen molar-refractivity contribution in [2.45, 2.75) is 51.4 Å². The van der Waals surface area contributed by atoms with Crippen molar-refractivity contribution >= 4 is 0 Å². The summed E-state index contributed by atoms with van der Waals surface area (Å²) in [5, 5.41) is 9.83. The van der Waals surface area contributed by atoms with Gasteiger partial charge >= 0.3 is 0 Å². The van der Waals surface area contributed by atoms with E-state index in [0.29, 0.717) is 0 Å². The second-order valence-corrected chi connectivity index (χ2v) is 7.66. The fourth-order valence-corrected chi connectivity index (χ4v) is 6.03. The van der Waals surface area contributed by atoms with Gasteiger partial charge in [0.2, 0.25) is 0 Å². The lowest BCUT2D eigenvalue weighted by Gasteiger charge is -2.57. The standard InChI is InChI=1S/C17H24N2/c1-19-4-2-3-16(19)15(11-18)17-8-12-5-13(9-17)7-14(6-12)10-17/h12-14H,2-10H2,1H3/b16-15-. The van der Waals surface area contributed by atoms with Crippen molar-refractivity contribution in [1.82, 2.24) is 4.90 Å². The summed E-state index contributed by atoms with van der Waals surface area (Å²) in [6, 6.07) is 2.67. The van der Waals surface area contributed by atoms with Gasteiger partial charge < -0.3 is 4.90 Å². The highest BCUT2D eigenvalue weighted by Gasteiger charge is 2.53. The number of nitriles is 1. The molecule has 0 aromatic heterocycles. The lowest BCUT2D eigenvalue weighted by molar-refractivity contribution is -0.0292. The van der Waals surface area contributed by atoms with Gasteiger partial charge in [0.05, 0.1) is 11.6 Å². The molecule has 4 bridgehead atoms. The van der Waals surface area contributed by atoms with Crippen LogP contribution in [-0.2, 0) is 0 Å². The zero-order valence-corrected chi connectivity index (χ0v) is 12.0. The van der Waals surface area contributed by atoms with Crippen LogP contribution in [-0.4, -0.2) is 18.5 Å². The van der Waals surface area contributed by atoms with Crippen LogP contribution >= 0.6 is 0 Å². The molecule has 4 saturated carbocycles. The van der Waals surface area contributed by atoms with Crippen molar-refractivity contribution in [2.24, 2.45) is 23.2 Å². The van der Waals surface area contributed by atoms with E-state index >= 15 is 0 Å². The Hall–Kier alpha value is -0.970. The van der Waals surface area contributed by atoms with Crippen LogP contribution in [0.5, 0.6) is 0 Å². The van der Waals surface area contributed by atoms with Gasteiger partial charge in [-0.3, -0.25) is 0 Å². The predicted octanol–water partition coefficient (Wildman–Crippen LogP) is 3.71. The van der Waals surface area contributed by atoms with E-state index in [2.05, 4.69) is 18.0 Å². The first-order valence-corrected chi connectivity index (χ1v) is 8.05. The van der Waals surface area contributed by atoms with E-state index in [1.807, 2.05) is 0 Å². The van der Waals surface area contributed by atoms with E-state index < -0.39 is 0 Å². The molecule has 2 nitrogen and oxygen atoms in total. The number of nitrogens with zero attached hydrogens (tertiary/aromatic N) is 2. The van der Waals surface area contributed by atoms with Crippen LogP contribution in [0.15, 0.2) is 11.3 Å². The summed E-state index contributed by atoms with van der Waals surface area (Å²) in [7, 11) is 2.18. The van der Waals surface area contributed by atoms with E-state index in [9.17, 15) is 5.26 Å². The Labute approximate surface area is 116 Å². The second-order valence-electron chi connectivity index (χ2n) is 7.66. The highest BCUT2D eigenvalue weighted by Crippen LogP contribution is 2.63. The molecule has 0 radical (unpaired) electrons. The monoisotopic (exact) mass is 256 g/mol. The maximum atomic E-state index is 9.83. The van der Waals surface area contributed by atoms with Crippen molar-refractivity contribution in [3.63, 3.8) is 0 Å². The van der Waals surface area contributed by atoms with Gasteiger partial charge in [0, 0.05) is 24.7 Å². The molecule has 19 heavy (non-hydrogen) atoms. The average Bonchev–Trinajstić information content (AvgIpc) is 2.74. The summed E-state index contributed by atoms with van der Waals surface area (Å²) in [4.78, 5) is 2.36. The normalized spacial score (nSPS) is 46.5. The first-order valence-electron chi connectivity index (χ1n) is 8.05. The Balaban J connectivity index is 1.76. The van der Waals surface area contributed by atoms with Crippen LogP contribution in [0.4, 0.5) is 0 Å². The van der Waals surface area contributed by atoms with Crippen LogP contribution in [0.3, 0.4) is 0 Å². The molecule has 0 amide bonds. The highest BCUT2D eigenvalue weighted by molar-refractivity contribution is 5.37. The number of allylic oxidation sites excluding steroid dienone is 2. The molecular weight excluding hydrogens is 232 g/mol. The van der Waals surface area contributed by atoms with Crippen LogP contribution in [0.1, 0.15) is 51.4 Å². The smallest absolute Gasteiger partial charge is 0.0971 e. The molecule has 5 aliphatic rings. The Morgan fingerprint density at radius 2 is 1.74 bits per heavy atom. The van der Waals surface area contributed by atoms with Gasteiger partial charge in [-0.2, -0.15) is 5.26 Å². The third kappa shape index (κ3) is 1.67. The molecule has 0 N–H and O–H groups in total. The first kappa shape index (κ1) is 11.8. The maximum Gasteiger partial charge on any atom is 0.0971 e. The topological polar surface area (TPSA) is 27.0 Å². The number of rotatable bonds is 1. The SMILES string of the molecule is CN1CCC/C1=C(\C#N)C12CC3CC(CC(C3)C1)C2. The van der Waals surface area contributed by atoms with Crippen LogP contribution in [0.25, 0.3) is 0 Å². The van der Waals surface area contributed by atoms with E-state index in [1.165, 1.54) is 56.2 Å². The van der Waals surface area contributed by atoms with Gasteiger partial charge in [0.25, 0.3) is 0 Å². The van der Waals surface area contributed by atoms with Gasteiger partial charge in [-0.25, -0.2) is 0 Å². The van der Waals surface area contributed by atoms with E-state index in [4.69, 9.17) is 0 Å². The molecule has 1 saturated heterocycles. The molecule has 0 aromatic carbocycles. The minimum Gasteiger partial charge on any atom is -0.377 e. The van der Waals surface area contributed by atoms with E-state index in [-0.39, 0.29) is 5.41 Å². The van der Waals surface area contributed by atoms with Gasteiger partial charge in [0.15, 0.2) is 0 Å². The third-order valence-corrected chi connectivity index (χ3v) is 6.34. The molecule has 0 spiro atoms. The van der Waals surface area contributed by atoms with Crippen molar-refractivity contribution in [1.29, 1.82) is 5.26 Å². The van der Waals surface area contributed by atoms with E-state index in [1.54, 1.807) is 0 Å². The van der Waals surface area contributed by atoms with Crippen LogP contribution in [0, 0.1) is 34.5 Å². The summed E-state index contributed by atoms with van der Waals surface area (Å²) in [5.74, 6) is 2.80. The Bertz CT molecular complexity index is 433. The largest absolute Gasteiger partial charge is 0.377 e. The summed E-state index contributed by atoms with van der Waals surface area (Å²) in [6.07, 6.45) is 10.7. The fourth-order valence-electron chi connectivity index (χ4n) is 6.03. The van der Waals surface area contributed by atoms with Gasteiger partial charge in [-0.1, -0.05) is 0 Å². The number of hydrogen-bond donors (Lipinski definition) is 0. The lowest BCUT2D eigenvalue weighted by atomic mass is 9.47. The third-order valence-electron chi connectivity index (χ3n) is 6.34. The van der Waals surface area contributed by atoms with E-state index in [0.717, 1.165) is 30.7 Å². The summed E-state index contributed by atoms with van der Waals surface area (Å²) in [6.45, 7) is 1.15. The second kappa shape index (κ2) is 4.01. The molecule has 5 rings (SSSR count). The van der Waals surface area contributed by atoms with Crippen molar-refractivity contribution in [3.8, 4) is 6.07 Å². The van der Waals surface area contributed by atoms with Gasteiger partial charge in [-0.15, -0.1) is 0 Å². The fraction of sp³-hybridized carbons (Fsp3) is 0.824. The minimum atomic E-state index is 0.289. The van der Waals surface area contributed by atoms with Crippen LogP contribution < -0.4 is 0 Å². The molecule has 5 fully saturated rings. The summed E-state index contributed by atoms with van der Waals surface area (Å²) in [5.41, 5.74) is 2.88. The Kier molecular flexibility index (Phi) is 2.50. The molecular formula is C17H24N2. The molecule has 0 atom stereocenters. The first-order chi connectivity index (χ1) is 9.20.